The molecule has 1 aliphatic rings. The first kappa shape index (κ1) is 21.3. The molecular weight excluding hydrogens is 432 g/mol. The summed E-state index contributed by atoms with van der Waals surface area (Å²) in [4.78, 5) is 24.2. The lowest BCUT2D eigenvalue weighted by molar-refractivity contribution is -0.143. The number of hydrogen-bond donors (Lipinski definition) is 3. The van der Waals surface area contributed by atoms with Gasteiger partial charge in [0.25, 0.3) is 5.91 Å². The van der Waals surface area contributed by atoms with Gasteiger partial charge in [0.1, 0.15) is 5.82 Å². The number of benzene rings is 2. The zero-order valence-electron chi connectivity index (χ0n) is 16.3. The van der Waals surface area contributed by atoms with Crippen molar-refractivity contribution in [2.24, 2.45) is 0 Å². The smallest absolute Gasteiger partial charge is 0.335 e. The molecule has 0 unspecified atom stereocenters. The Labute approximate surface area is 178 Å². The predicted octanol–water partition coefficient (Wildman–Crippen LogP) is 3.96. The van der Waals surface area contributed by atoms with Gasteiger partial charge in [0.05, 0.1) is 5.69 Å². The second kappa shape index (κ2) is 8.29. The molecule has 1 heterocycles. The van der Waals surface area contributed by atoms with Gasteiger partial charge in [-0.25, -0.2) is 13.9 Å². The molecule has 1 fully saturated rings. The van der Waals surface area contributed by atoms with Gasteiger partial charge in [-0.3, -0.25) is 4.79 Å². The van der Waals surface area contributed by atoms with Crippen LogP contribution in [-0.4, -0.2) is 33.0 Å². The third-order valence-electron chi connectivity index (χ3n) is 4.54. The topological polar surface area (TPSA) is 101 Å². The Morgan fingerprint density at radius 3 is 2.09 bits per heavy atom. The number of alkyl halides is 3. The van der Waals surface area contributed by atoms with Crippen LogP contribution in [0.2, 0.25) is 0 Å². The molecule has 1 saturated carbocycles. The van der Waals surface area contributed by atoms with E-state index in [1.807, 2.05) is 0 Å². The molecule has 0 atom stereocenters. The number of urea groups is 1. The number of aromatic nitrogens is 3. The molecular formula is C20H16F4N6O2. The summed E-state index contributed by atoms with van der Waals surface area (Å²) in [5, 5.41) is 14.5. The molecule has 12 heteroatoms. The summed E-state index contributed by atoms with van der Waals surface area (Å²) in [5.74, 6) is -1.76. The summed E-state index contributed by atoms with van der Waals surface area (Å²) in [6.45, 7) is 0. The number of nitrogens with zero attached hydrogens (tertiary/aromatic N) is 3. The Hall–Kier alpha value is -3.96. The summed E-state index contributed by atoms with van der Waals surface area (Å²) in [7, 11) is 0. The Kier molecular flexibility index (Phi) is 5.51. The average Bonchev–Trinajstić information content (AvgIpc) is 3.42. The normalized spacial score (nSPS) is 13.5. The highest BCUT2D eigenvalue weighted by Crippen LogP contribution is 2.33. The van der Waals surface area contributed by atoms with Crippen LogP contribution < -0.4 is 16.0 Å². The lowest BCUT2D eigenvalue weighted by Gasteiger charge is -2.11. The predicted molar refractivity (Wildman–Crippen MR) is 106 cm³/mol. The fourth-order valence-electron chi connectivity index (χ4n) is 2.86. The minimum absolute atomic E-state index is 0.106. The van der Waals surface area contributed by atoms with Gasteiger partial charge in [-0.05, 0) is 61.4 Å². The summed E-state index contributed by atoms with van der Waals surface area (Å²) in [6.07, 6.45) is -3.08. The van der Waals surface area contributed by atoms with E-state index >= 15 is 0 Å². The molecule has 0 spiro atoms. The molecule has 3 aromatic rings. The van der Waals surface area contributed by atoms with Crippen molar-refractivity contribution < 1.29 is 27.2 Å². The average molecular weight is 448 g/mol. The summed E-state index contributed by atoms with van der Waals surface area (Å²) < 4.78 is 54.6. The summed E-state index contributed by atoms with van der Waals surface area (Å²) >= 11 is 0. The van der Waals surface area contributed by atoms with Crippen LogP contribution in [0.4, 0.5) is 33.7 Å². The largest absolute Gasteiger partial charge is 0.435 e. The first-order chi connectivity index (χ1) is 15.2. The second-order valence-electron chi connectivity index (χ2n) is 7.08. The van der Waals surface area contributed by atoms with Gasteiger partial charge in [-0.15, -0.1) is 5.10 Å². The Balaban J connectivity index is 1.51. The third kappa shape index (κ3) is 4.85. The monoisotopic (exact) mass is 448 g/mol. The highest BCUT2D eigenvalue weighted by atomic mass is 19.4. The third-order valence-corrected chi connectivity index (χ3v) is 4.54. The first-order valence-corrected chi connectivity index (χ1v) is 9.48. The molecule has 32 heavy (non-hydrogen) atoms. The number of rotatable bonds is 5. The van der Waals surface area contributed by atoms with Crippen molar-refractivity contribution >= 4 is 23.3 Å². The molecule has 8 nitrogen and oxygen atoms in total. The van der Waals surface area contributed by atoms with Gasteiger partial charge in [-0.1, -0.05) is 5.21 Å². The fourth-order valence-corrected chi connectivity index (χ4v) is 2.86. The van der Waals surface area contributed by atoms with Crippen LogP contribution in [-0.2, 0) is 6.18 Å². The molecule has 1 aliphatic carbocycles. The van der Waals surface area contributed by atoms with E-state index in [4.69, 9.17) is 0 Å². The second-order valence-corrected chi connectivity index (χ2v) is 7.08. The molecule has 0 bridgehead atoms. The number of hydrogen-bond acceptors (Lipinski definition) is 4. The van der Waals surface area contributed by atoms with Crippen LogP contribution in [0, 0.1) is 5.82 Å². The number of nitrogens with one attached hydrogen (secondary N) is 3. The zero-order chi connectivity index (χ0) is 22.9. The van der Waals surface area contributed by atoms with Crippen LogP contribution in [0.5, 0.6) is 0 Å². The molecule has 3 N–H and O–H groups in total. The van der Waals surface area contributed by atoms with Crippen molar-refractivity contribution in [2.75, 3.05) is 10.6 Å². The van der Waals surface area contributed by atoms with Gasteiger partial charge < -0.3 is 16.0 Å². The van der Waals surface area contributed by atoms with Crippen molar-refractivity contribution in [3.05, 3.63) is 65.7 Å². The maximum absolute atomic E-state index is 13.7. The molecule has 0 radical (unpaired) electrons. The Bertz CT molecular complexity index is 1140. The maximum Gasteiger partial charge on any atom is 0.435 e. The van der Waals surface area contributed by atoms with Gasteiger partial charge >= 0.3 is 12.2 Å². The number of anilines is 2. The van der Waals surface area contributed by atoms with Crippen molar-refractivity contribution in [1.29, 1.82) is 0 Å². The lowest BCUT2D eigenvalue weighted by Crippen LogP contribution is -2.30. The van der Waals surface area contributed by atoms with Crippen molar-refractivity contribution in [2.45, 2.75) is 25.1 Å². The number of amides is 3. The van der Waals surface area contributed by atoms with Crippen LogP contribution in [0.25, 0.3) is 5.69 Å². The molecule has 0 saturated heterocycles. The Morgan fingerprint density at radius 2 is 1.53 bits per heavy atom. The number of halogens is 4. The molecule has 1 aromatic heterocycles. The van der Waals surface area contributed by atoms with Crippen molar-refractivity contribution in [3.63, 3.8) is 0 Å². The summed E-state index contributed by atoms with van der Waals surface area (Å²) in [5.41, 5.74) is -1.80. The summed E-state index contributed by atoms with van der Waals surface area (Å²) in [6, 6.07) is 9.75. The van der Waals surface area contributed by atoms with Crippen LogP contribution in [0.1, 0.15) is 29.0 Å². The van der Waals surface area contributed by atoms with E-state index in [2.05, 4.69) is 26.3 Å². The standard InChI is InChI=1S/C20H16F4N6O2/c21-11-1-9-15(10-2-11)30-17(20(22,23)24)16(28-29-30)18(31)25-12-3-5-13(6-4-12)26-19(32)27-14-7-8-14/h1-6,9-10,14H,7-8H2,(H,25,31)(H2,26,27,32). The molecule has 2 aromatic carbocycles. The SMILES string of the molecule is O=C(Nc1ccc(NC(=O)c2nnn(-c3ccc(F)cc3)c2C(F)(F)F)cc1)NC1CC1. The first-order valence-electron chi connectivity index (χ1n) is 9.48. The van der Waals surface area contributed by atoms with Crippen LogP contribution in [0.3, 0.4) is 0 Å². The van der Waals surface area contributed by atoms with E-state index in [0.717, 1.165) is 37.1 Å². The van der Waals surface area contributed by atoms with Gasteiger partial charge in [0.2, 0.25) is 0 Å². The van der Waals surface area contributed by atoms with Gasteiger partial charge in [0.15, 0.2) is 11.4 Å². The quantitative estimate of drug-likeness (QED) is 0.515. The van der Waals surface area contributed by atoms with Gasteiger partial charge in [0, 0.05) is 17.4 Å². The van der Waals surface area contributed by atoms with Crippen LogP contribution in [0.15, 0.2) is 48.5 Å². The van der Waals surface area contributed by atoms with E-state index in [0.29, 0.717) is 10.4 Å². The molecule has 3 amide bonds. The van der Waals surface area contributed by atoms with Gasteiger partial charge in [-0.2, -0.15) is 13.2 Å². The van der Waals surface area contributed by atoms with E-state index in [1.54, 1.807) is 0 Å². The van der Waals surface area contributed by atoms with E-state index < -0.39 is 29.3 Å². The maximum atomic E-state index is 13.7. The zero-order valence-corrected chi connectivity index (χ0v) is 16.3. The molecule has 4 rings (SSSR count). The lowest BCUT2D eigenvalue weighted by atomic mass is 10.2. The molecule has 166 valence electrons. The Morgan fingerprint density at radius 1 is 0.938 bits per heavy atom. The van der Waals surface area contributed by atoms with E-state index in [1.165, 1.54) is 24.3 Å². The minimum Gasteiger partial charge on any atom is -0.335 e. The minimum atomic E-state index is -4.95. The number of carbonyl (C=O) groups is 2. The molecule has 0 aliphatic heterocycles. The fraction of sp³-hybridized carbons (Fsp3) is 0.200. The van der Waals surface area contributed by atoms with Crippen LogP contribution >= 0.6 is 0 Å². The van der Waals surface area contributed by atoms with E-state index in [9.17, 15) is 27.2 Å². The highest BCUT2D eigenvalue weighted by Gasteiger charge is 2.42. The number of carbonyl (C=O) groups excluding carboxylic acids is 2. The van der Waals surface area contributed by atoms with Crippen molar-refractivity contribution in [3.8, 4) is 5.69 Å². The highest BCUT2D eigenvalue weighted by molar-refractivity contribution is 6.04. The van der Waals surface area contributed by atoms with E-state index in [-0.39, 0.29) is 23.4 Å². The van der Waals surface area contributed by atoms with Crippen molar-refractivity contribution in [1.82, 2.24) is 20.3 Å².